The van der Waals surface area contributed by atoms with Gasteiger partial charge in [-0.05, 0) is 149 Å². The lowest BCUT2D eigenvalue weighted by Gasteiger charge is -2.15. The number of hydrogen-bond donors (Lipinski definition) is 0. The van der Waals surface area contributed by atoms with Gasteiger partial charge in [-0.1, -0.05) is 230 Å². The Hall–Kier alpha value is -8.91. The Morgan fingerprint density at radius 2 is 0.688 bits per heavy atom. The molecule has 0 spiro atoms. The van der Waals surface area contributed by atoms with E-state index in [-0.39, 0.29) is 42.8 Å². The first-order chi connectivity index (χ1) is 45.1. The molecule has 1 atom stereocenters. The quantitative estimate of drug-likeness (QED) is 0.117. The molecule has 0 amide bonds. The topological polar surface area (TPSA) is 124 Å². The molecule has 0 radical (unpaired) electrons. The molecule has 10 aromatic carbocycles. The summed E-state index contributed by atoms with van der Waals surface area (Å²) in [5, 5.41) is 4.56. The van der Waals surface area contributed by atoms with Crippen molar-refractivity contribution < 1.29 is 22.8 Å². The minimum Gasteiger partial charge on any atom is -0.269 e. The largest absolute Gasteiger partial charge is 0.287 e. The van der Waals surface area contributed by atoms with Crippen LogP contribution in [0.5, 0.6) is 0 Å². The summed E-state index contributed by atoms with van der Waals surface area (Å²) < 4.78 is 61.5. The summed E-state index contributed by atoms with van der Waals surface area (Å²) >= 11 is 0. The first-order valence-electron chi connectivity index (χ1n) is 29.9. The third kappa shape index (κ3) is 17.8. The van der Waals surface area contributed by atoms with Gasteiger partial charge in [0.15, 0.2) is 13.9 Å². The lowest BCUT2D eigenvalue weighted by molar-refractivity contribution is 0.594. The third-order valence-corrected chi connectivity index (χ3v) is 19.4. The minimum absolute atomic E-state index is 0.0149. The van der Waals surface area contributed by atoms with Gasteiger partial charge in [0.1, 0.15) is 0 Å². The zero-order valence-electron chi connectivity index (χ0n) is 53.3. The molecule has 13 aromatic rings. The summed E-state index contributed by atoms with van der Waals surface area (Å²) in [6.07, 6.45) is 0. The predicted molar refractivity (Wildman–Crippen MR) is 396 cm³/mol. The van der Waals surface area contributed by atoms with Crippen molar-refractivity contribution in [2.24, 2.45) is 0 Å². The van der Waals surface area contributed by atoms with Gasteiger partial charge < -0.3 is 0 Å². The molecule has 0 saturated heterocycles. The monoisotopic (exact) mass is 1330 g/mol. The molecule has 16 heteroatoms. The highest BCUT2D eigenvalue weighted by Gasteiger charge is 2.27. The van der Waals surface area contributed by atoms with E-state index in [1.807, 2.05) is 221 Å². The maximum atomic E-state index is 12.7. The number of aryl methyl sites for hydroxylation is 9. The average molecular weight is 1330 g/mol. The maximum absolute atomic E-state index is 12.7. The Kier molecular flexibility index (Phi) is 26.1. The summed E-state index contributed by atoms with van der Waals surface area (Å²) in [5.74, 6) is 0. The highest BCUT2D eigenvalue weighted by molar-refractivity contribution is 7.34. The van der Waals surface area contributed by atoms with E-state index in [9.17, 15) is 22.8 Å². The first-order valence-corrected chi connectivity index (χ1v) is 34.4. The molecular formula is C77H71N5O5P6. The lowest BCUT2D eigenvalue weighted by Crippen LogP contribution is -2.10. The van der Waals surface area contributed by atoms with Crippen LogP contribution in [0.1, 0.15) is 50.5 Å². The van der Waals surface area contributed by atoms with Crippen LogP contribution in [-0.2, 0) is 22.8 Å². The van der Waals surface area contributed by atoms with Gasteiger partial charge in [-0.2, -0.15) is 0 Å². The van der Waals surface area contributed by atoms with Crippen molar-refractivity contribution >= 4 is 101 Å². The molecule has 464 valence electrons. The Morgan fingerprint density at radius 1 is 0.355 bits per heavy atom. The Morgan fingerprint density at radius 3 is 1.04 bits per heavy atom. The second-order valence-electron chi connectivity index (χ2n) is 21.8. The molecule has 0 aliphatic rings. The van der Waals surface area contributed by atoms with E-state index in [4.69, 9.17) is 0 Å². The molecule has 0 N–H and O–H groups in total. The third-order valence-electron chi connectivity index (χ3n) is 15.2. The second-order valence-corrected chi connectivity index (χ2v) is 25.3. The summed E-state index contributed by atoms with van der Waals surface area (Å²) in [6.45, 7) is 18.0. The molecule has 93 heavy (non-hydrogen) atoms. The highest BCUT2D eigenvalue weighted by atomic mass is 31.1. The number of aromatic nitrogens is 4. The zero-order chi connectivity index (χ0) is 66.4. The fraction of sp³-hybridized carbons (Fsp3) is 0.117. The highest BCUT2D eigenvalue weighted by Crippen LogP contribution is 2.50. The summed E-state index contributed by atoms with van der Waals surface area (Å²) in [7, 11) is 2.76. The smallest absolute Gasteiger partial charge is 0.269 e. The van der Waals surface area contributed by atoms with Crippen LogP contribution < -0.4 is 20.7 Å². The van der Waals surface area contributed by atoms with Crippen LogP contribution >= 0.6 is 52.0 Å². The van der Waals surface area contributed by atoms with E-state index in [1.54, 1.807) is 15.9 Å². The van der Waals surface area contributed by atoms with Crippen molar-refractivity contribution in [3.63, 3.8) is 0 Å². The standard InChI is InChI=1S/C28H20NOP.C12H8NOP.C12H10NOP.C9H11OP.C9H13P.C7H9N2OP/c30-31-29-27(23-17-9-3-10-18-23)25(21-13-5-1-6-14-21)26(22-15-7-2-8-16-22)28(29)24-19-11-4-12-20-24;14-15-13-11-7-3-1-5-9(11)10-6-2-4-8-12(10)13;14-15-13(11-7-3-1-4-8-11)12-9-5-2-6-10-12;1-6-4-7(2)9(11-10)8(3)5-6;1-6-4-7(2)9(10)8(3)5-6;1-4-5(2)9-7(11-10)6(3)8-4/h1-20H;1-8H;1-10H;4-5H,1-3H3;4-5H,10H2,1-3H3;1-3H3. The van der Waals surface area contributed by atoms with E-state index in [0.717, 1.165) is 111 Å². The van der Waals surface area contributed by atoms with Crippen molar-refractivity contribution in [1.29, 1.82) is 0 Å². The first kappa shape index (κ1) is 70.0. The fourth-order valence-electron chi connectivity index (χ4n) is 10.8. The van der Waals surface area contributed by atoms with Crippen LogP contribution in [0.3, 0.4) is 0 Å². The summed E-state index contributed by atoms with van der Waals surface area (Å²) in [6, 6.07) is 84.9. The fourth-order valence-corrected chi connectivity index (χ4v) is 13.3. The number of para-hydroxylation sites is 4. The SMILES string of the molecule is Cc1cc(C)c(P)c(C)c1.Cc1cc(C)c(P=O)c(C)c1.Cc1nc(C)c(P=O)nc1C.O=PN(c1ccccc1)c1ccccc1.O=Pn1c(-c2ccccc2)c(-c2ccccc2)c(-c2ccccc2)c1-c1ccccc1.O=Pn1c2ccccc2c2ccccc21. The van der Waals surface area contributed by atoms with Crippen LogP contribution in [-0.4, -0.2) is 18.6 Å². The number of anilines is 2. The summed E-state index contributed by atoms with van der Waals surface area (Å²) in [4.78, 5) is 8.28. The van der Waals surface area contributed by atoms with Crippen molar-refractivity contribution in [3.8, 4) is 44.8 Å². The molecule has 0 aliphatic heterocycles. The van der Waals surface area contributed by atoms with Gasteiger partial charge >= 0.3 is 0 Å². The number of benzene rings is 10. The van der Waals surface area contributed by atoms with Gasteiger partial charge in [0, 0.05) is 27.2 Å². The zero-order valence-corrected chi connectivity index (χ0v) is 59.0. The molecule has 0 saturated carbocycles. The number of rotatable bonds is 11. The number of hydrogen-bond acceptors (Lipinski definition) is 7. The molecule has 10 nitrogen and oxygen atoms in total. The molecular weight excluding hydrogens is 1260 g/mol. The number of fused-ring (bicyclic) bond motifs is 3. The Bertz CT molecular complexity index is 4430. The van der Waals surface area contributed by atoms with Crippen LogP contribution in [0.4, 0.5) is 11.4 Å². The van der Waals surface area contributed by atoms with Crippen molar-refractivity contribution in [2.45, 2.75) is 62.3 Å². The summed E-state index contributed by atoms with van der Waals surface area (Å²) in [5.41, 5.74) is 22.7. The van der Waals surface area contributed by atoms with Gasteiger partial charge in [0.05, 0.1) is 50.9 Å². The molecule has 13 rings (SSSR count). The number of nitrogens with zero attached hydrogens (tertiary/aromatic N) is 5. The van der Waals surface area contributed by atoms with Gasteiger partial charge in [-0.3, -0.25) is 27.5 Å². The molecule has 3 heterocycles. The molecule has 0 fully saturated rings. The van der Waals surface area contributed by atoms with Crippen molar-refractivity contribution in [1.82, 2.24) is 18.6 Å². The van der Waals surface area contributed by atoms with Crippen LogP contribution in [0.2, 0.25) is 0 Å². The van der Waals surface area contributed by atoms with Crippen LogP contribution in [0.15, 0.2) is 255 Å². The minimum atomic E-state index is -0.0724. The van der Waals surface area contributed by atoms with E-state index in [2.05, 4.69) is 113 Å². The lowest BCUT2D eigenvalue weighted by atomic mass is 9.91. The average Bonchev–Trinajstić information content (AvgIpc) is 1.59. The normalized spacial score (nSPS) is 10.7. The van der Waals surface area contributed by atoms with E-state index < -0.39 is 0 Å². The Balaban J connectivity index is 0.000000153. The Labute approximate surface area is 556 Å². The van der Waals surface area contributed by atoms with Crippen LogP contribution in [0.25, 0.3) is 66.6 Å². The van der Waals surface area contributed by atoms with Crippen molar-refractivity contribution in [2.75, 3.05) is 4.67 Å². The van der Waals surface area contributed by atoms with Crippen LogP contribution in [0, 0.1) is 62.3 Å². The molecule has 3 aromatic heterocycles. The van der Waals surface area contributed by atoms with Gasteiger partial charge in [-0.25, -0.2) is 18.7 Å². The molecule has 0 bridgehead atoms. The van der Waals surface area contributed by atoms with E-state index in [1.165, 1.54) is 27.6 Å². The van der Waals surface area contributed by atoms with Gasteiger partial charge in [0.2, 0.25) is 8.46 Å². The molecule has 0 aliphatic carbocycles. The predicted octanol–water partition coefficient (Wildman–Crippen LogP) is 22.1. The van der Waals surface area contributed by atoms with E-state index in [0.29, 0.717) is 5.44 Å². The molecule has 1 unspecified atom stereocenters. The van der Waals surface area contributed by atoms with Crippen molar-refractivity contribution in [3.05, 3.63) is 305 Å². The van der Waals surface area contributed by atoms with Gasteiger partial charge in [0.25, 0.3) is 25.8 Å². The van der Waals surface area contributed by atoms with E-state index >= 15 is 0 Å². The maximum Gasteiger partial charge on any atom is 0.287 e. The second kappa shape index (κ2) is 34.7. The van der Waals surface area contributed by atoms with Gasteiger partial charge in [-0.15, -0.1) is 9.24 Å².